The zero-order valence-electron chi connectivity index (χ0n) is 16.3. The lowest BCUT2D eigenvalue weighted by Crippen LogP contribution is -2.16. The van der Waals surface area contributed by atoms with E-state index in [1.165, 1.54) is 0 Å². The molecule has 0 aliphatic carbocycles. The number of aromatic nitrogens is 2. The molecule has 0 aliphatic rings. The molecule has 0 radical (unpaired) electrons. The standard InChI is InChI=1S/C22H19ClN4O2S/c1-14-7-11-17(12-8-14)30(28,29)27-22-21(24-18-5-3-4-6-19(18)25-22)26-20-13-16(23)10-9-15(20)2/h3-13H,1-2H3,(H,24,26)(H,25,27). The van der Waals surface area contributed by atoms with Gasteiger partial charge in [-0.15, -0.1) is 0 Å². The first-order chi connectivity index (χ1) is 14.3. The Morgan fingerprint density at radius 1 is 0.833 bits per heavy atom. The molecule has 0 aliphatic heterocycles. The first kappa shape index (κ1) is 20.1. The number of rotatable bonds is 5. The number of nitrogens with zero attached hydrogens (tertiary/aromatic N) is 2. The minimum absolute atomic E-state index is 0.105. The fraction of sp³-hybridized carbons (Fsp3) is 0.0909. The van der Waals surface area contributed by atoms with Crippen LogP contribution >= 0.6 is 11.6 Å². The van der Waals surface area contributed by atoms with E-state index < -0.39 is 10.0 Å². The summed E-state index contributed by atoms with van der Waals surface area (Å²) in [4.78, 5) is 9.24. The highest BCUT2D eigenvalue weighted by Gasteiger charge is 2.19. The van der Waals surface area contributed by atoms with Gasteiger partial charge in [0, 0.05) is 10.7 Å². The molecule has 0 saturated heterocycles. The first-order valence-corrected chi connectivity index (χ1v) is 11.1. The molecule has 30 heavy (non-hydrogen) atoms. The first-order valence-electron chi connectivity index (χ1n) is 9.21. The lowest BCUT2D eigenvalue weighted by Gasteiger charge is -2.15. The van der Waals surface area contributed by atoms with Crippen molar-refractivity contribution >= 4 is 50.0 Å². The second kappa shape index (κ2) is 7.93. The Morgan fingerprint density at radius 2 is 1.47 bits per heavy atom. The highest BCUT2D eigenvalue weighted by atomic mass is 35.5. The average Bonchev–Trinajstić information content (AvgIpc) is 2.71. The molecule has 1 aromatic heterocycles. The third kappa shape index (κ3) is 4.22. The Kier molecular flexibility index (Phi) is 5.32. The van der Waals surface area contributed by atoms with E-state index in [1.54, 1.807) is 42.5 Å². The molecule has 2 N–H and O–H groups in total. The average molecular weight is 439 g/mol. The molecule has 1 heterocycles. The lowest BCUT2D eigenvalue weighted by atomic mass is 10.2. The quantitative estimate of drug-likeness (QED) is 0.433. The molecule has 3 aromatic carbocycles. The van der Waals surface area contributed by atoms with Gasteiger partial charge >= 0.3 is 0 Å². The summed E-state index contributed by atoms with van der Waals surface area (Å²) in [6.07, 6.45) is 0. The Labute approximate surface area is 180 Å². The summed E-state index contributed by atoms with van der Waals surface area (Å²) in [5.41, 5.74) is 3.83. The summed E-state index contributed by atoms with van der Waals surface area (Å²) in [5.74, 6) is 0.392. The van der Waals surface area contributed by atoms with Gasteiger partial charge in [0.25, 0.3) is 10.0 Å². The monoisotopic (exact) mass is 438 g/mol. The molecule has 8 heteroatoms. The number of hydrogen-bond acceptors (Lipinski definition) is 5. The lowest BCUT2D eigenvalue weighted by molar-refractivity contribution is 0.601. The third-order valence-corrected chi connectivity index (χ3v) is 6.18. The van der Waals surface area contributed by atoms with Crippen LogP contribution in [0.5, 0.6) is 0 Å². The van der Waals surface area contributed by atoms with Crippen LogP contribution in [0, 0.1) is 13.8 Å². The van der Waals surface area contributed by atoms with E-state index in [0.717, 1.165) is 11.1 Å². The van der Waals surface area contributed by atoms with E-state index in [1.807, 2.05) is 38.1 Å². The van der Waals surface area contributed by atoms with Crippen molar-refractivity contribution in [2.45, 2.75) is 18.7 Å². The summed E-state index contributed by atoms with van der Waals surface area (Å²) in [7, 11) is -3.85. The number of anilines is 3. The molecule has 0 unspecified atom stereocenters. The van der Waals surface area contributed by atoms with Gasteiger partial charge in [0.05, 0.1) is 15.9 Å². The van der Waals surface area contributed by atoms with E-state index in [-0.39, 0.29) is 16.5 Å². The molecule has 152 valence electrons. The van der Waals surface area contributed by atoms with Crippen LogP contribution in [-0.2, 0) is 10.0 Å². The van der Waals surface area contributed by atoms with Gasteiger partial charge < -0.3 is 5.32 Å². The Hall–Kier alpha value is -3.16. The zero-order chi connectivity index (χ0) is 21.3. The fourth-order valence-electron chi connectivity index (χ4n) is 2.92. The number of fused-ring (bicyclic) bond motifs is 1. The Bertz CT molecular complexity index is 1340. The summed E-state index contributed by atoms with van der Waals surface area (Å²) in [6, 6.07) is 19.3. The fourth-order valence-corrected chi connectivity index (χ4v) is 4.10. The van der Waals surface area contributed by atoms with Crippen LogP contribution in [0.3, 0.4) is 0 Å². The molecule has 6 nitrogen and oxygen atoms in total. The molecule has 0 amide bonds. The van der Waals surface area contributed by atoms with Gasteiger partial charge in [-0.25, -0.2) is 18.4 Å². The largest absolute Gasteiger partial charge is 0.337 e. The number of halogens is 1. The van der Waals surface area contributed by atoms with Gasteiger partial charge in [0.15, 0.2) is 11.6 Å². The van der Waals surface area contributed by atoms with Crippen molar-refractivity contribution in [2.24, 2.45) is 0 Å². The molecular formula is C22H19ClN4O2S. The van der Waals surface area contributed by atoms with Crippen molar-refractivity contribution in [3.63, 3.8) is 0 Å². The number of benzene rings is 3. The van der Waals surface area contributed by atoms with Gasteiger partial charge in [0.2, 0.25) is 0 Å². The minimum Gasteiger partial charge on any atom is -0.337 e. The van der Waals surface area contributed by atoms with Crippen LogP contribution < -0.4 is 10.0 Å². The number of para-hydroxylation sites is 2. The van der Waals surface area contributed by atoms with Crippen LogP contribution in [0.25, 0.3) is 11.0 Å². The number of sulfonamides is 1. The number of aryl methyl sites for hydroxylation is 2. The summed E-state index contributed by atoms with van der Waals surface area (Å²) < 4.78 is 28.5. The van der Waals surface area contributed by atoms with Crippen LogP contribution in [-0.4, -0.2) is 18.4 Å². The minimum atomic E-state index is -3.85. The summed E-state index contributed by atoms with van der Waals surface area (Å²) in [5, 5.41) is 3.73. The van der Waals surface area contributed by atoms with Crippen molar-refractivity contribution in [2.75, 3.05) is 10.0 Å². The predicted molar refractivity (Wildman–Crippen MR) is 121 cm³/mol. The molecular weight excluding hydrogens is 420 g/mol. The second-order valence-corrected chi connectivity index (χ2v) is 9.03. The molecule has 0 fully saturated rings. The van der Waals surface area contributed by atoms with Gasteiger partial charge in [-0.3, -0.25) is 4.72 Å². The maximum atomic E-state index is 12.9. The second-order valence-electron chi connectivity index (χ2n) is 6.91. The van der Waals surface area contributed by atoms with E-state index in [2.05, 4.69) is 20.0 Å². The van der Waals surface area contributed by atoms with Gasteiger partial charge in [0.1, 0.15) is 0 Å². The molecule has 4 aromatic rings. The van der Waals surface area contributed by atoms with Gasteiger partial charge in [-0.1, -0.05) is 47.5 Å². The maximum Gasteiger partial charge on any atom is 0.263 e. The molecule has 0 saturated carbocycles. The van der Waals surface area contributed by atoms with Crippen LogP contribution in [0.4, 0.5) is 17.3 Å². The zero-order valence-corrected chi connectivity index (χ0v) is 17.9. The van der Waals surface area contributed by atoms with E-state index in [0.29, 0.717) is 21.7 Å². The van der Waals surface area contributed by atoms with Crippen molar-refractivity contribution in [1.29, 1.82) is 0 Å². The van der Waals surface area contributed by atoms with Crippen molar-refractivity contribution in [3.05, 3.63) is 82.9 Å². The van der Waals surface area contributed by atoms with Gasteiger partial charge in [-0.05, 0) is 55.8 Å². The predicted octanol–water partition coefficient (Wildman–Crippen LogP) is 5.44. The topological polar surface area (TPSA) is 84.0 Å². The normalized spacial score (nSPS) is 11.4. The van der Waals surface area contributed by atoms with Crippen molar-refractivity contribution in [1.82, 2.24) is 9.97 Å². The number of nitrogens with one attached hydrogen (secondary N) is 2. The van der Waals surface area contributed by atoms with E-state index >= 15 is 0 Å². The summed E-state index contributed by atoms with van der Waals surface area (Å²) >= 11 is 6.13. The highest BCUT2D eigenvalue weighted by Crippen LogP contribution is 2.29. The van der Waals surface area contributed by atoms with Crippen molar-refractivity contribution < 1.29 is 8.42 Å². The SMILES string of the molecule is Cc1ccc(S(=O)(=O)Nc2nc3ccccc3nc2Nc2cc(Cl)ccc2C)cc1. The van der Waals surface area contributed by atoms with Crippen LogP contribution in [0.15, 0.2) is 71.6 Å². The number of hydrogen-bond donors (Lipinski definition) is 2. The van der Waals surface area contributed by atoms with E-state index in [9.17, 15) is 8.42 Å². The smallest absolute Gasteiger partial charge is 0.263 e. The summed E-state index contributed by atoms with van der Waals surface area (Å²) in [6.45, 7) is 3.82. The third-order valence-electron chi connectivity index (χ3n) is 4.59. The van der Waals surface area contributed by atoms with Crippen LogP contribution in [0.2, 0.25) is 5.02 Å². The Balaban J connectivity index is 1.80. The molecule has 4 rings (SSSR count). The highest BCUT2D eigenvalue weighted by molar-refractivity contribution is 7.92. The van der Waals surface area contributed by atoms with Gasteiger partial charge in [-0.2, -0.15) is 0 Å². The Morgan fingerprint density at radius 3 is 2.13 bits per heavy atom. The van der Waals surface area contributed by atoms with E-state index in [4.69, 9.17) is 11.6 Å². The maximum absolute atomic E-state index is 12.9. The van der Waals surface area contributed by atoms with Crippen molar-refractivity contribution in [3.8, 4) is 0 Å². The molecule has 0 atom stereocenters. The van der Waals surface area contributed by atoms with Crippen LogP contribution in [0.1, 0.15) is 11.1 Å². The molecule has 0 spiro atoms. The molecule has 0 bridgehead atoms.